The highest BCUT2D eigenvalue weighted by molar-refractivity contribution is 14.0. The van der Waals surface area contributed by atoms with Crippen molar-refractivity contribution in [3.8, 4) is 0 Å². The third kappa shape index (κ3) is 7.37. The lowest BCUT2D eigenvalue weighted by atomic mass is 9.88. The third-order valence-electron chi connectivity index (χ3n) is 6.57. The molecular formula is C23H37IN4O3. The zero-order chi connectivity index (χ0) is 20.6. The fraction of sp³-hybridized carbons (Fsp3) is 0.739. The van der Waals surface area contributed by atoms with Crippen LogP contribution in [0.25, 0.3) is 0 Å². The molecule has 2 unspecified atom stereocenters. The van der Waals surface area contributed by atoms with Gasteiger partial charge in [0.15, 0.2) is 5.96 Å². The molecule has 4 rings (SSSR count). The summed E-state index contributed by atoms with van der Waals surface area (Å²) in [5.74, 6) is 2.93. The summed E-state index contributed by atoms with van der Waals surface area (Å²) in [4.78, 5) is 19.8. The molecule has 1 aliphatic carbocycles. The number of hydrogen-bond acceptors (Lipinski definition) is 4. The smallest absolute Gasteiger partial charge is 0.225 e. The molecule has 1 saturated carbocycles. The van der Waals surface area contributed by atoms with Crippen LogP contribution in [0.15, 0.2) is 27.8 Å². The average molecular weight is 544 g/mol. The highest BCUT2D eigenvalue weighted by Gasteiger charge is 2.31. The van der Waals surface area contributed by atoms with Crippen LogP contribution in [0.4, 0.5) is 0 Å². The van der Waals surface area contributed by atoms with Gasteiger partial charge >= 0.3 is 0 Å². The van der Waals surface area contributed by atoms with Crippen molar-refractivity contribution in [3.63, 3.8) is 0 Å². The standard InChI is InChI=1S/C23H36N4O3.HI/c28-22(19-5-2-1-3-6-19)27-12-9-20(16-27)26-23(25-15-18-10-14-29-17-18)24-11-8-21-7-4-13-30-21;/h4,7,13,18-20H,1-3,5-6,8-12,14-17H2,(H2,24,25,26);1H. The van der Waals surface area contributed by atoms with Crippen LogP contribution in [0.3, 0.4) is 0 Å². The van der Waals surface area contributed by atoms with E-state index in [1.807, 2.05) is 12.1 Å². The highest BCUT2D eigenvalue weighted by Crippen LogP contribution is 2.26. The quantitative estimate of drug-likeness (QED) is 0.313. The summed E-state index contributed by atoms with van der Waals surface area (Å²) in [5.41, 5.74) is 0. The van der Waals surface area contributed by atoms with Crippen molar-refractivity contribution in [2.45, 2.75) is 57.4 Å². The molecule has 2 aliphatic heterocycles. The fourth-order valence-corrected chi connectivity index (χ4v) is 4.74. The normalized spacial score (nSPS) is 24.8. The van der Waals surface area contributed by atoms with E-state index in [1.165, 1.54) is 19.3 Å². The first-order valence-electron chi connectivity index (χ1n) is 11.7. The number of ether oxygens (including phenoxy) is 1. The molecule has 3 fully saturated rings. The Morgan fingerprint density at radius 3 is 2.81 bits per heavy atom. The number of guanidine groups is 1. The Morgan fingerprint density at radius 1 is 1.19 bits per heavy atom. The number of furan rings is 1. The van der Waals surface area contributed by atoms with Gasteiger partial charge in [-0.3, -0.25) is 9.79 Å². The maximum atomic E-state index is 12.9. The molecule has 0 aromatic carbocycles. The lowest BCUT2D eigenvalue weighted by Crippen LogP contribution is -2.46. The van der Waals surface area contributed by atoms with Crippen LogP contribution in [-0.4, -0.2) is 62.2 Å². The maximum absolute atomic E-state index is 12.9. The Morgan fingerprint density at radius 2 is 2.06 bits per heavy atom. The molecule has 0 bridgehead atoms. The van der Waals surface area contributed by atoms with Crippen molar-refractivity contribution in [3.05, 3.63) is 24.2 Å². The minimum absolute atomic E-state index is 0. The number of carbonyl (C=O) groups excluding carboxylic acids is 1. The van der Waals surface area contributed by atoms with Crippen LogP contribution in [0.2, 0.25) is 0 Å². The molecule has 2 N–H and O–H groups in total. The predicted octanol–water partition coefficient (Wildman–Crippen LogP) is 3.19. The second-order valence-corrected chi connectivity index (χ2v) is 8.92. The molecule has 31 heavy (non-hydrogen) atoms. The lowest BCUT2D eigenvalue weighted by Gasteiger charge is -2.26. The van der Waals surface area contributed by atoms with E-state index < -0.39 is 0 Å². The summed E-state index contributed by atoms with van der Waals surface area (Å²) in [5, 5.41) is 7.03. The number of amides is 1. The molecule has 174 valence electrons. The minimum atomic E-state index is 0. The van der Waals surface area contributed by atoms with Gasteiger partial charge in [0.1, 0.15) is 5.76 Å². The Balaban J connectivity index is 0.00000272. The number of rotatable bonds is 7. The highest BCUT2D eigenvalue weighted by atomic mass is 127. The van der Waals surface area contributed by atoms with Gasteiger partial charge in [0.25, 0.3) is 0 Å². The Hall–Kier alpha value is -1.29. The van der Waals surface area contributed by atoms with Crippen LogP contribution < -0.4 is 10.6 Å². The predicted molar refractivity (Wildman–Crippen MR) is 132 cm³/mol. The molecule has 1 aromatic rings. The molecule has 0 radical (unpaired) electrons. The van der Waals surface area contributed by atoms with Gasteiger partial charge in [-0.2, -0.15) is 0 Å². The average Bonchev–Trinajstić information content (AvgIpc) is 3.55. The number of nitrogens with zero attached hydrogens (tertiary/aromatic N) is 2. The first-order chi connectivity index (χ1) is 14.8. The van der Waals surface area contributed by atoms with E-state index in [4.69, 9.17) is 14.1 Å². The number of aliphatic imine (C=N–C) groups is 1. The maximum Gasteiger partial charge on any atom is 0.225 e. The number of halogens is 1. The van der Waals surface area contributed by atoms with Crippen molar-refractivity contribution in [1.29, 1.82) is 0 Å². The summed E-state index contributed by atoms with van der Waals surface area (Å²) >= 11 is 0. The number of nitrogens with one attached hydrogen (secondary N) is 2. The molecule has 2 saturated heterocycles. The molecule has 2 atom stereocenters. The van der Waals surface area contributed by atoms with E-state index >= 15 is 0 Å². The molecule has 0 spiro atoms. The van der Waals surface area contributed by atoms with E-state index in [0.29, 0.717) is 11.8 Å². The first kappa shape index (κ1) is 24.4. The van der Waals surface area contributed by atoms with Crippen LogP contribution in [-0.2, 0) is 16.0 Å². The fourth-order valence-electron chi connectivity index (χ4n) is 4.74. The summed E-state index contributed by atoms with van der Waals surface area (Å²) < 4.78 is 10.9. The summed E-state index contributed by atoms with van der Waals surface area (Å²) in [6.45, 7) is 4.81. The molecule has 1 amide bonds. The summed E-state index contributed by atoms with van der Waals surface area (Å²) in [7, 11) is 0. The Labute approximate surface area is 202 Å². The van der Waals surface area contributed by atoms with Crippen LogP contribution in [0, 0.1) is 11.8 Å². The van der Waals surface area contributed by atoms with E-state index in [0.717, 1.165) is 83.2 Å². The van der Waals surface area contributed by atoms with E-state index in [9.17, 15) is 4.79 Å². The number of carbonyl (C=O) groups is 1. The van der Waals surface area contributed by atoms with Crippen molar-refractivity contribution in [2.75, 3.05) is 39.4 Å². The monoisotopic (exact) mass is 544 g/mol. The van der Waals surface area contributed by atoms with Gasteiger partial charge < -0.3 is 24.7 Å². The van der Waals surface area contributed by atoms with E-state index in [-0.39, 0.29) is 35.9 Å². The van der Waals surface area contributed by atoms with Gasteiger partial charge in [0.2, 0.25) is 5.91 Å². The van der Waals surface area contributed by atoms with Crippen LogP contribution >= 0.6 is 24.0 Å². The minimum Gasteiger partial charge on any atom is -0.469 e. The van der Waals surface area contributed by atoms with Gasteiger partial charge in [-0.05, 0) is 37.8 Å². The van der Waals surface area contributed by atoms with Gasteiger partial charge in [-0.25, -0.2) is 0 Å². The Kier molecular flexibility index (Phi) is 9.95. The molecule has 7 nitrogen and oxygen atoms in total. The largest absolute Gasteiger partial charge is 0.469 e. The number of likely N-dealkylation sites (tertiary alicyclic amines) is 1. The Bertz CT molecular complexity index is 685. The molecular weight excluding hydrogens is 507 g/mol. The van der Waals surface area contributed by atoms with Gasteiger partial charge in [-0.15, -0.1) is 24.0 Å². The molecule has 8 heteroatoms. The second kappa shape index (κ2) is 12.7. The van der Waals surface area contributed by atoms with E-state index in [1.54, 1.807) is 6.26 Å². The first-order valence-corrected chi connectivity index (χ1v) is 11.7. The molecule has 3 heterocycles. The van der Waals surface area contributed by atoms with Gasteiger partial charge in [0.05, 0.1) is 12.9 Å². The topological polar surface area (TPSA) is 79.1 Å². The summed E-state index contributed by atoms with van der Waals surface area (Å²) in [6, 6.07) is 4.17. The van der Waals surface area contributed by atoms with Gasteiger partial charge in [0, 0.05) is 57.1 Å². The van der Waals surface area contributed by atoms with Crippen LogP contribution in [0.1, 0.15) is 50.7 Å². The zero-order valence-electron chi connectivity index (χ0n) is 18.4. The van der Waals surface area contributed by atoms with Crippen molar-refractivity contribution < 1.29 is 13.9 Å². The molecule has 1 aromatic heterocycles. The van der Waals surface area contributed by atoms with Crippen molar-refractivity contribution in [2.24, 2.45) is 16.8 Å². The number of hydrogen-bond donors (Lipinski definition) is 2. The lowest BCUT2D eigenvalue weighted by molar-refractivity contribution is -0.135. The second-order valence-electron chi connectivity index (χ2n) is 8.92. The van der Waals surface area contributed by atoms with Crippen molar-refractivity contribution >= 4 is 35.8 Å². The van der Waals surface area contributed by atoms with E-state index in [2.05, 4.69) is 15.5 Å². The van der Waals surface area contributed by atoms with Crippen molar-refractivity contribution in [1.82, 2.24) is 15.5 Å². The van der Waals surface area contributed by atoms with Gasteiger partial charge in [-0.1, -0.05) is 19.3 Å². The van der Waals surface area contributed by atoms with Crippen LogP contribution in [0.5, 0.6) is 0 Å². The molecule has 3 aliphatic rings. The summed E-state index contributed by atoms with van der Waals surface area (Å²) in [6.07, 6.45) is 10.4. The SMILES string of the molecule is I.O=C(C1CCCCC1)N1CCC(NC(=NCC2CCOC2)NCCc2ccco2)C1. The third-order valence-corrected chi connectivity index (χ3v) is 6.57. The zero-order valence-corrected chi connectivity index (χ0v) is 20.7.